The maximum Gasteiger partial charge on any atom is 0.274 e. The minimum Gasteiger partial charge on any atom is -0.377 e. The second kappa shape index (κ2) is 6.08. The standard InChI is InChI=1S/C13H18N4O3S/c14-5-11-16-9(7-21-11)13(19)17-3-4-20-6-10(17)12(18)15-8-1-2-8/h7-8,10H,1-6,14H2,(H,15,18). The number of nitrogens with one attached hydrogen (secondary N) is 1. The predicted molar refractivity (Wildman–Crippen MR) is 76.8 cm³/mol. The van der Waals surface area contributed by atoms with Crippen molar-refractivity contribution in [3.05, 3.63) is 16.1 Å². The van der Waals surface area contributed by atoms with Gasteiger partial charge in [-0.1, -0.05) is 0 Å². The lowest BCUT2D eigenvalue weighted by Gasteiger charge is -2.34. The van der Waals surface area contributed by atoms with E-state index < -0.39 is 6.04 Å². The zero-order chi connectivity index (χ0) is 14.8. The van der Waals surface area contributed by atoms with Crippen LogP contribution in [0, 0.1) is 0 Å². The molecule has 1 atom stereocenters. The summed E-state index contributed by atoms with van der Waals surface area (Å²) in [5, 5.41) is 5.33. The van der Waals surface area contributed by atoms with Crippen molar-refractivity contribution in [3.8, 4) is 0 Å². The molecule has 2 aliphatic rings. The minimum absolute atomic E-state index is 0.139. The van der Waals surface area contributed by atoms with Crippen molar-refractivity contribution in [3.63, 3.8) is 0 Å². The lowest BCUT2D eigenvalue weighted by Crippen LogP contribution is -2.56. The Kier molecular flexibility index (Phi) is 4.18. The second-order valence-corrected chi connectivity index (χ2v) is 6.15. The van der Waals surface area contributed by atoms with Crippen LogP contribution < -0.4 is 11.1 Å². The highest BCUT2D eigenvalue weighted by molar-refractivity contribution is 7.09. The highest BCUT2D eigenvalue weighted by atomic mass is 32.1. The van der Waals surface area contributed by atoms with Crippen molar-refractivity contribution < 1.29 is 14.3 Å². The molecule has 1 aromatic rings. The van der Waals surface area contributed by atoms with Crippen molar-refractivity contribution in [2.45, 2.75) is 31.5 Å². The quantitative estimate of drug-likeness (QED) is 0.797. The van der Waals surface area contributed by atoms with Gasteiger partial charge in [-0.05, 0) is 12.8 Å². The van der Waals surface area contributed by atoms with Crippen LogP contribution in [0.25, 0.3) is 0 Å². The molecule has 1 saturated heterocycles. The molecule has 21 heavy (non-hydrogen) atoms. The van der Waals surface area contributed by atoms with Crippen molar-refractivity contribution in [1.82, 2.24) is 15.2 Å². The normalized spacial score (nSPS) is 22.1. The fraction of sp³-hybridized carbons (Fsp3) is 0.615. The minimum atomic E-state index is -0.574. The monoisotopic (exact) mass is 310 g/mol. The van der Waals surface area contributed by atoms with E-state index in [1.54, 1.807) is 10.3 Å². The van der Waals surface area contributed by atoms with Crippen LogP contribution in [0.5, 0.6) is 0 Å². The van der Waals surface area contributed by atoms with Gasteiger partial charge in [-0.3, -0.25) is 9.59 Å². The molecule has 1 aromatic heterocycles. The van der Waals surface area contributed by atoms with Gasteiger partial charge in [0.1, 0.15) is 16.7 Å². The van der Waals surface area contributed by atoms with Crippen LogP contribution in [0.3, 0.4) is 0 Å². The Labute approximate surface area is 126 Å². The summed E-state index contributed by atoms with van der Waals surface area (Å²) in [5.41, 5.74) is 5.87. The summed E-state index contributed by atoms with van der Waals surface area (Å²) in [7, 11) is 0. The van der Waals surface area contributed by atoms with Crippen LogP contribution in [-0.4, -0.2) is 53.5 Å². The van der Waals surface area contributed by atoms with E-state index >= 15 is 0 Å². The molecule has 2 heterocycles. The first-order valence-electron chi connectivity index (χ1n) is 7.02. The van der Waals surface area contributed by atoms with Crippen LogP contribution in [-0.2, 0) is 16.1 Å². The molecule has 3 N–H and O–H groups in total. The largest absolute Gasteiger partial charge is 0.377 e. The van der Waals surface area contributed by atoms with E-state index in [0.717, 1.165) is 12.8 Å². The summed E-state index contributed by atoms with van der Waals surface area (Å²) in [6.07, 6.45) is 2.03. The molecule has 0 spiro atoms. The van der Waals surface area contributed by atoms with E-state index in [2.05, 4.69) is 10.3 Å². The third-order valence-electron chi connectivity index (χ3n) is 3.56. The molecule has 2 fully saturated rings. The van der Waals surface area contributed by atoms with Gasteiger partial charge in [-0.15, -0.1) is 11.3 Å². The second-order valence-electron chi connectivity index (χ2n) is 5.20. The summed E-state index contributed by atoms with van der Waals surface area (Å²) in [4.78, 5) is 30.5. The first-order chi connectivity index (χ1) is 10.2. The van der Waals surface area contributed by atoms with Gasteiger partial charge >= 0.3 is 0 Å². The van der Waals surface area contributed by atoms with E-state index in [0.29, 0.717) is 30.4 Å². The Hall–Kier alpha value is -1.51. The molecule has 1 aliphatic carbocycles. The van der Waals surface area contributed by atoms with Gasteiger partial charge in [0.2, 0.25) is 5.91 Å². The van der Waals surface area contributed by atoms with Crippen LogP contribution in [0.1, 0.15) is 28.3 Å². The number of hydrogen-bond donors (Lipinski definition) is 2. The number of morpholine rings is 1. The fourth-order valence-electron chi connectivity index (χ4n) is 2.24. The molecule has 1 saturated carbocycles. The number of thiazole rings is 1. The van der Waals surface area contributed by atoms with Gasteiger partial charge < -0.3 is 20.7 Å². The molecule has 3 rings (SSSR count). The van der Waals surface area contributed by atoms with E-state index in [9.17, 15) is 9.59 Å². The van der Waals surface area contributed by atoms with Crippen molar-refractivity contribution >= 4 is 23.2 Å². The topological polar surface area (TPSA) is 97.6 Å². The maximum atomic E-state index is 12.5. The number of carbonyl (C=O) groups is 2. The van der Waals surface area contributed by atoms with Gasteiger partial charge in [0.25, 0.3) is 5.91 Å². The Morgan fingerprint density at radius 3 is 3.00 bits per heavy atom. The molecule has 1 unspecified atom stereocenters. The maximum absolute atomic E-state index is 12.5. The van der Waals surface area contributed by atoms with E-state index in [1.165, 1.54) is 11.3 Å². The summed E-state index contributed by atoms with van der Waals surface area (Å²) in [6.45, 7) is 1.38. The summed E-state index contributed by atoms with van der Waals surface area (Å²) < 4.78 is 5.36. The number of amides is 2. The van der Waals surface area contributed by atoms with Crippen LogP contribution in [0.4, 0.5) is 0 Å². The molecule has 7 nitrogen and oxygen atoms in total. The lowest BCUT2D eigenvalue weighted by molar-refractivity contribution is -0.130. The average Bonchev–Trinajstić information content (AvgIpc) is 3.19. The number of ether oxygens (including phenoxy) is 1. The van der Waals surface area contributed by atoms with Crippen LogP contribution >= 0.6 is 11.3 Å². The summed E-state index contributed by atoms with van der Waals surface area (Å²) in [6, 6.07) is -0.311. The van der Waals surface area contributed by atoms with Crippen molar-refractivity contribution in [1.29, 1.82) is 0 Å². The molecule has 2 amide bonds. The third-order valence-corrected chi connectivity index (χ3v) is 4.43. The Morgan fingerprint density at radius 1 is 1.52 bits per heavy atom. The molecule has 0 radical (unpaired) electrons. The predicted octanol–water partition coefficient (Wildman–Crippen LogP) is -0.279. The van der Waals surface area contributed by atoms with E-state index in [-0.39, 0.29) is 24.5 Å². The highest BCUT2D eigenvalue weighted by Crippen LogP contribution is 2.20. The number of hydrogen-bond acceptors (Lipinski definition) is 6. The van der Waals surface area contributed by atoms with Gasteiger partial charge in [-0.2, -0.15) is 0 Å². The van der Waals surface area contributed by atoms with Gasteiger partial charge in [0, 0.05) is 24.5 Å². The zero-order valence-electron chi connectivity index (χ0n) is 11.6. The molecular weight excluding hydrogens is 292 g/mol. The number of nitrogens with zero attached hydrogens (tertiary/aromatic N) is 2. The Balaban J connectivity index is 1.73. The molecule has 114 valence electrons. The van der Waals surface area contributed by atoms with Gasteiger partial charge in [0.15, 0.2) is 0 Å². The SMILES string of the molecule is NCc1nc(C(=O)N2CCOCC2C(=O)NC2CC2)cs1. The highest BCUT2D eigenvalue weighted by Gasteiger charge is 2.36. The lowest BCUT2D eigenvalue weighted by atomic mass is 10.2. The van der Waals surface area contributed by atoms with Gasteiger partial charge in [0.05, 0.1) is 13.2 Å². The number of rotatable bonds is 4. The van der Waals surface area contributed by atoms with E-state index in [4.69, 9.17) is 10.5 Å². The average molecular weight is 310 g/mol. The number of nitrogens with two attached hydrogens (primary N) is 1. The number of aromatic nitrogens is 1. The third kappa shape index (κ3) is 3.22. The van der Waals surface area contributed by atoms with E-state index in [1.807, 2.05) is 0 Å². The molecule has 0 bridgehead atoms. The molecule has 1 aliphatic heterocycles. The van der Waals surface area contributed by atoms with Crippen molar-refractivity contribution in [2.75, 3.05) is 19.8 Å². The van der Waals surface area contributed by atoms with Crippen molar-refractivity contribution in [2.24, 2.45) is 5.73 Å². The zero-order valence-corrected chi connectivity index (χ0v) is 12.4. The van der Waals surface area contributed by atoms with Crippen LogP contribution in [0.2, 0.25) is 0 Å². The Morgan fingerprint density at radius 2 is 2.33 bits per heavy atom. The molecule has 0 aromatic carbocycles. The molecule has 8 heteroatoms. The first-order valence-corrected chi connectivity index (χ1v) is 7.90. The first kappa shape index (κ1) is 14.4. The fourth-order valence-corrected chi connectivity index (χ4v) is 2.89. The van der Waals surface area contributed by atoms with Crippen LogP contribution in [0.15, 0.2) is 5.38 Å². The summed E-state index contributed by atoms with van der Waals surface area (Å²) >= 11 is 1.36. The smallest absolute Gasteiger partial charge is 0.274 e. The molecular formula is C13H18N4O3S. The summed E-state index contributed by atoms with van der Waals surface area (Å²) in [5.74, 6) is -0.370. The Bertz CT molecular complexity index is 543. The number of carbonyl (C=O) groups excluding carboxylic acids is 2. The van der Waals surface area contributed by atoms with Gasteiger partial charge in [-0.25, -0.2) is 4.98 Å².